The van der Waals surface area contributed by atoms with Crippen molar-refractivity contribution in [1.29, 1.82) is 0 Å². The van der Waals surface area contributed by atoms with Crippen molar-refractivity contribution in [3.05, 3.63) is 34.9 Å². The van der Waals surface area contributed by atoms with Crippen LogP contribution in [0.2, 0.25) is 0 Å². The van der Waals surface area contributed by atoms with Crippen LogP contribution in [0.4, 0.5) is 0 Å². The summed E-state index contributed by atoms with van der Waals surface area (Å²) in [5, 5.41) is 10.2. The number of carbonyl (C=O) groups excluding carboxylic acids is 3. The smallest absolute Gasteiger partial charge is 0.223 e. The summed E-state index contributed by atoms with van der Waals surface area (Å²) in [6.45, 7) is 12.9. The van der Waals surface area contributed by atoms with Crippen LogP contribution >= 0.6 is 0 Å². The largest absolute Gasteiger partial charge is 0.395 e. The summed E-state index contributed by atoms with van der Waals surface area (Å²) in [4.78, 5) is 38.1. The van der Waals surface area contributed by atoms with E-state index in [1.54, 1.807) is 13.0 Å². The van der Waals surface area contributed by atoms with E-state index in [0.717, 1.165) is 56.1 Å². The molecule has 3 fully saturated rings. The summed E-state index contributed by atoms with van der Waals surface area (Å²) in [5.41, 5.74) is 7.03. The lowest BCUT2D eigenvalue weighted by molar-refractivity contribution is -0.168. The number of Topliss-reactive ketones (excluding diaryl/α,β-unsaturated/α-hetero) is 1. The predicted octanol–water partition coefficient (Wildman–Crippen LogP) is 4.83. The lowest BCUT2D eigenvalue weighted by Crippen LogP contribution is -2.62. The van der Waals surface area contributed by atoms with Crippen molar-refractivity contribution >= 4 is 17.5 Å². The molecule has 0 unspecified atom stereocenters. The van der Waals surface area contributed by atoms with Gasteiger partial charge in [0.25, 0.3) is 0 Å². The predicted molar refractivity (Wildman–Crippen MR) is 135 cm³/mol. The van der Waals surface area contributed by atoms with Crippen LogP contribution in [0.3, 0.4) is 0 Å². The molecule has 5 nitrogen and oxygen atoms in total. The molecule has 3 saturated carbocycles. The van der Waals surface area contributed by atoms with Gasteiger partial charge in [0.1, 0.15) is 0 Å². The van der Waals surface area contributed by atoms with Crippen molar-refractivity contribution in [2.45, 2.75) is 86.5 Å². The highest BCUT2D eigenvalue weighted by Gasteiger charge is 2.67. The molecule has 0 aromatic rings. The van der Waals surface area contributed by atoms with E-state index < -0.39 is 22.4 Å². The van der Waals surface area contributed by atoms with Crippen molar-refractivity contribution in [2.24, 2.45) is 44.1 Å². The molecular formula is C30H41NO4. The number of allylic oxidation sites excluding steroid dienone is 5. The van der Waals surface area contributed by atoms with Crippen LogP contribution in [-0.2, 0) is 14.4 Å². The number of rotatable bonds is 2. The van der Waals surface area contributed by atoms with Crippen LogP contribution in [0.5, 0.6) is 0 Å². The number of aliphatic hydroxyl groups excluding tert-OH is 1. The molecule has 3 N–H and O–H groups in total. The number of ketones is 2. The summed E-state index contributed by atoms with van der Waals surface area (Å²) >= 11 is 0. The van der Waals surface area contributed by atoms with Crippen LogP contribution in [0, 0.1) is 38.4 Å². The van der Waals surface area contributed by atoms with Gasteiger partial charge in [-0.3, -0.25) is 14.4 Å². The average Bonchev–Trinajstić information content (AvgIpc) is 2.81. The Morgan fingerprint density at radius 1 is 0.943 bits per heavy atom. The second kappa shape index (κ2) is 7.06. The van der Waals surface area contributed by atoms with Gasteiger partial charge < -0.3 is 10.8 Å². The Hall–Kier alpha value is -2.01. The monoisotopic (exact) mass is 479 g/mol. The zero-order valence-corrected chi connectivity index (χ0v) is 22.2. The van der Waals surface area contributed by atoms with E-state index in [1.165, 1.54) is 5.57 Å². The first-order valence-corrected chi connectivity index (χ1v) is 13.3. The number of nitrogens with two attached hydrogens (primary N) is 1. The number of carbonyl (C=O) groups is 3. The van der Waals surface area contributed by atoms with Gasteiger partial charge >= 0.3 is 0 Å². The topological polar surface area (TPSA) is 97.5 Å². The lowest BCUT2D eigenvalue weighted by Gasteiger charge is -2.70. The maximum atomic E-state index is 12.8. The highest BCUT2D eigenvalue weighted by atomic mass is 16.3. The van der Waals surface area contributed by atoms with Gasteiger partial charge in [0.15, 0.2) is 0 Å². The Labute approximate surface area is 209 Å². The first kappa shape index (κ1) is 24.7. The first-order valence-electron chi connectivity index (χ1n) is 13.3. The first-order chi connectivity index (χ1) is 16.1. The Kier molecular flexibility index (Phi) is 4.97. The van der Waals surface area contributed by atoms with Crippen LogP contribution < -0.4 is 5.73 Å². The van der Waals surface area contributed by atoms with Crippen LogP contribution in [-0.4, -0.2) is 29.2 Å². The Bertz CT molecular complexity index is 1150. The molecule has 0 aromatic carbocycles. The van der Waals surface area contributed by atoms with Crippen molar-refractivity contribution in [3.8, 4) is 0 Å². The summed E-state index contributed by atoms with van der Waals surface area (Å²) in [6.07, 6.45) is 12.5. The molecule has 0 radical (unpaired) electrons. The Balaban J connectivity index is 1.66. The summed E-state index contributed by atoms with van der Waals surface area (Å²) in [6, 6.07) is 0. The Morgan fingerprint density at radius 2 is 1.60 bits per heavy atom. The zero-order valence-electron chi connectivity index (χ0n) is 22.2. The molecule has 0 bridgehead atoms. The third-order valence-electron chi connectivity index (χ3n) is 12.1. The number of hydrogen-bond acceptors (Lipinski definition) is 4. The highest BCUT2D eigenvalue weighted by molar-refractivity contribution is 6.45. The maximum absolute atomic E-state index is 12.8. The van der Waals surface area contributed by atoms with Gasteiger partial charge in [-0.2, -0.15) is 0 Å². The molecule has 5 rings (SSSR count). The molecular weight excluding hydrogens is 438 g/mol. The maximum Gasteiger partial charge on any atom is 0.223 e. The fourth-order valence-electron chi connectivity index (χ4n) is 9.07. The van der Waals surface area contributed by atoms with Gasteiger partial charge in [-0.25, -0.2) is 0 Å². The molecule has 7 atom stereocenters. The van der Waals surface area contributed by atoms with E-state index in [2.05, 4.69) is 40.7 Å². The second-order valence-corrected chi connectivity index (χ2v) is 13.8. The van der Waals surface area contributed by atoms with Crippen molar-refractivity contribution < 1.29 is 19.5 Å². The van der Waals surface area contributed by atoms with E-state index in [4.69, 9.17) is 5.73 Å². The average molecular weight is 480 g/mol. The summed E-state index contributed by atoms with van der Waals surface area (Å²) in [5.74, 6) is -0.833. The van der Waals surface area contributed by atoms with E-state index in [0.29, 0.717) is 5.92 Å². The standard InChI is InChI=1S/C30H41NO4/c1-25-9-10-26(2,24(31)35)16-22(25)30(6)14-12-27(3)19-15-20(33)23(34)28(4,17-32)18(19)7-8-21(27)29(30,5)13-11-25/h7-8,15,22,32H,9-14,16-17H2,1-6H3,(H2,31,35)/t22-,25-,26-,27+,28+,29-,30+/m1/s1. The molecule has 1 amide bonds. The molecule has 5 aliphatic rings. The molecule has 5 heteroatoms. The summed E-state index contributed by atoms with van der Waals surface area (Å²) < 4.78 is 0. The minimum Gasteiger partial charge on any atom is -0.395 e. The SMILES string of the molecule is C[C@@]1(C(N)=O)CC[C@]2(C)CC[C@]3(C)C4=CC=C5C(=CC(=O)C(=O)[C@@]5(C)CO)[C@]4(C)CC[C@@]3(C)[C@@H]2C1. The van der Waals surface area contributed by atoms with Gasteiger partial charge in [0.2, 0.25) is 17.5 Å². The van der Waals surface area contributed by atoms with Gasteiger partial charge in [-0.1, -0.05) is 52.3 Å². The third kappa shape index (κ3) is 2.82. The quantitative estimate of drug-likeness (QED) is 0.554. The Morgan fingerprint density at radius 3 is 2.23 bits per heavy atom. The molecule has 0 spiro atoms. The molecule has 0 aliphatic heterocycles. The molecule has 0 heterocycles. The molecule has 0 aromatic heterocycles. The number of amides is 1. The minimum absolute atomic E-state index is 0.0108. The molecule has 190 valence electrons. The van der Waals surface area contributed by atoms with Gasteiger partial charge in [-0.05, 0) is 91.3 Å². The van der Waals surface area contributed by atoms with Gasteiger partial charge in [-0.15, -0.1) is 0 Å². The highest BCUT2D eigenvalue weighted by Crippen LogP contribution is 2.75. The zero-order chi connectivity index (χ0) is 25.8. The van der Waals surface area contributed by atoms with Gasteiger partial charge in [0.05, 0.1) is 12.0 Å². The van der Waals surface area contributed by atoms with E-state index in [1.807, 2.05) is 6.08 Å². The van der Waals surface area contributed by atoms with E-state index in [-0.39, 0.29) is 34.2 Å². The number of aliphatic hydroxyl groups is 1. The van der Waals surface area contributed by atoms with Crippen LogP contribution in [0.1, 0.15) is 86.5 Å². The van der Waals surface area contributed by atoms with Crippen LogP contribution in [0.25, 0.3) is 0 Å². The second-order valence-electron chi connectivity index (χ2n) is 13.8. The lowest BCUT2D eigenvalue weighted by atomic mass is 9.34. The fourth-order valence-corrected chi connectivity index (χ4v) is 9.07. The number of hydrogen-bond donors (Lipinski definition) is 2. The van der Waals surface area contributed by atoms with Crippen molar-refractivity contribution in [3.63, 3.8) is 0 Å². The van der Waals surface area contributed by atoms with E-state index >= 15 is 0 Å². The molecule has 0 saturated heterocycles. The third-order valence-corrected chi connectivity index (χ3v) is 12.1. The fraction of sp³-hybridized carbons (Fsp3) is 0.700. The number of fused-ring (bicyclic) bond motifs is 7. The van der Waals surface area contributed by atoms with E-state index in [9.17, 15) is 19.5 Å². The molecule has 35 heavy (non-hydrogen) atoms. The number of primary amides is 1. The van der Waals surface area contributed by atoms with Gasteiger partial charge in [0, 0.05) is 10.8 Å². The normalized spacial score (nSPS) is 49.0. The van der Waals surface area contributed by atoms with Crippen molar-refractivity contribution in [2.75, 3.05) is 6.61 Å². The summed E-state index contributed by atoms with van der Waals surface area (Å²) in [7, 11) is 0. The van der Waals surface area contributed by atoms with Crippen LogP contribution in [0.15, 0.2) is 34.9 Å². The van der Waals surface area contributed by atoms with Crippen molar-refractivity contribution in [1.82, 2.24) is 0 Å². The minimum atomic E-state index is -1.19. The molecule has 5 aliphatic carbocycles.